The number of thiazole rings is 1. The first kappa shape index (κ1) is 21.7. The summed E-state index contributed by atoms with van der Waals surface area (Å²) in [6.45, 7) is 4.53. The molecular weight excluding hydrogens is 422 g/mol. The normalized spacial score (nSPS) is 10.7. The molecule has 0 saturated heterocycles. The number of aromatic nitrogens is 2. The maximum atomic E-state index is 12.7. The van der Waals surface area contributed by atoms with E-state index in [0.29, 0.717) is 34.5 Å². The van der Waals surface area contributed by atoms with E-state index in [0.717, 1.165) is 5.56 Å². The number of rotatable bonds is 7. The lowest BCUT2D eigenvalue weighted by Gasteiger charge is -2.26. The molecule has 0 atom stereocenters. The van der Waals surface area contributed by atoms with Crippen LogP contribution < -0.4 is 10.6 Å². The number of pyridine rings is 1. The minimum Gasteiger partial charge on any atom is -0.347 e. The van der Waals surface area contributed by atoms with Gasteiger partial charge in [-0.05, 0) is 49.7 Å². The predicted molar refractivity (Wildman–Crippen MR) is 119 cm³/mol. The number of hydrogen-bond acceptors (Lipinski definition) is 5. The van der Waals surface area contributed by atoms with Crippen molar-refractivity contribution in [2.45, 2.75) is 33.0 Å². The highest BCUT2D eigenvalue weighted by molar-refractivity contribution is 7.09. The zero-order valence-corrected chi connectivity index (χ0v) is 18.2. The Labute approximate surface area is 184 Å². The number of urea groups is 1. The first-order chi connectivity index (χ1) is 14.4. The predicted octanol–water partition coefficient (Wildman–Crippen LogP) is 4.56. The van der Waals surface area contributed by atoms with Gasteiger partial charge < -0.3 is 15.5 Å². The van der Waals surface area contributed by atoms with Gasteiger partial charge >= 0.3 is 6.03 Å². The second kappa shape index (κ2) is 10.2. The lowest BCUT2D eigenvalue weighted by molar-refractivity contribution is 0.0946. The van der Waals surface area contributed by atoms with Crippen molar-refractivity contribution in [1.82, 2.24) is 20.2 Å². The molecule has 156 valence electrons. The van der Waals surface area contributed by atoms with Crippen LogP contribution in [0.4, 0.5) is 10.5 Å². The number of benzene rings is 1. The summed E-state index contributed by atoms with van der Waals surface area (Å²) in [5.74, 6) is -0.261. The molecular formula is C21H22ClN5O2S. The Balaban J connectivity index is 1.60. The molecule has 2 N–H and O–H groups in total. The Bertz CT molecular complexity index is 992. The molecule has 3 aromatic rings. The van der Waals surface area contributed by atoms with E-state index in [1.165, 1.54) is 11.3 Å². The molecule has 3 amide bonds. The first-order valence-electron chi connectivity index (χ1n) is 9.37. The average Bonchev–Trinajstić information content (AvgIpc) is 3.21. The van der Waals surface area contributed by atoms with Crippen LogP contribution in [0.15, 0.2) is 54.2 Å². The molecule has 7 nitrogen and oxygen atoms in total. The zero-order chi connectivity index (χ0) is 21.5. The van der Waals surface area contributed by atoms with E-state index in [1.807, 2.05) is 26.0 Å². The summed E-state index contributed by atoms with van der Waals surface area (Å²) in [4.78, 5) is 35.2. The van der Waals surface area contributed by atoms with E-state index in [2.05, 4.69) is 20.6 Å². The molecule has 0 aliphatic rings. The summed E-state index contributed by atoms with van der Waals surface area (Å²) >= 11 is 7.24. The van der Waals surface area contributed by atoms with Crippen molar-refractivity contribution in [3.05, 3.63) is 75.5 Å². The van der Waals surface area contributed by atoms with Gasteiger partial charge in [0.25, 0.3) is 5.91 Å². The van der Waals surface area contributed by atoms with Crippen LogP contribution in [-0.4, -0.2) is 32.8 Å². The molecule has 3 rings (SSSR count). The Morgan fingerprint density at radius 2 is 1.97 bits per heavy atom. The van der Waals surface area contributed by atoms with Crippen LogP contribution >= 0.6 is 22.9 Å². The van der Waals surface area contributed by atoms with Crippen LogP contribution in [0.2, 0.25) is 5.02 Å². The fraction of sp³-hybridized carbons (Fsp3) is 0.238. The van der Waals surface area contributed by atoms with Gasteiger partial charge in [-0.1, -0.05) is 17.7 Å². The number of nitrogens with one attached hydrogen (secondary N) is 2. The standard InChI is InChI=1S/C21H22ClN5O2S/c1-14(2)27(21(29)25-17-7-5-16(22)6-8-17)12-19-26-18(13-30-19)20(28)24-11-15-4-3-9-23-10-15/h3-10,13-14H,11-12H2,1-2H3,(H,24,28)(H,25,29). The van der Waals surface area contributed by atoms with Gasteiger partial charge in [-0.15, -0.1) is 11.3 Å². The van der Waals surface area contributed by atoms with E-state index < -0.39 is 0 Å². The van der Waals surface area contributed by atoms with Crippen molar-refractivity contribution in [1.29, 1.82) is 0 Å². The summed E-state index contributed by atoms with van der Waals surface area (Å²) in [5, 5.41) is 8.67. The third-order valence-corrected chi connectivity index (χ3v) is 5.33. The molecule has 2 aromatic heterocycles. The van der Waals surface area contributed by atoms with Crippen molar-refractivity contribution < 1.29 is 9.59 Å². The molecule has 0 aliphatic heterocycles. The van der Waals surface area contributed by atoms with Crippen LogP contribution in [-0.2, 0) is 13.1 Å². The van der Waals surface area contributed by atoms with Crippen molar-refractivity contribution in [2.75, 3.05) is 5.32 Å². The molecule has 2 heterocycles. The van der Waals surface area contributed by atoms with Crippen LogP contribution in [0, 0.1) is 0 Å². The highest BCUT2D eigenvalue weighted by Gasteiger charge is 2.20. The molecule has 30 heavy (non-hydrogen) atoms. The van der Waals surface area contributed by atoms with Gasteiger partial charge in [-0.3, -0.25) is 9.78 Å². The van der Waals surface area contributed by atoms with Gasteiger partial charge in [0.1, 0.15) is 10.7 Å². The van der Waals surface area contributed by atoms with Gasteiger partial charge in [-0.2, -0.15) is 0 Å². The van der Waals surface area contributed by atoms with E-state index in [1.54, 1.807) is 46.9 Å². The van der Waals surface area contributed by atoms with Gasteiger partial charge in [0.05, 0.1) is 6.54 Å². The quantitative estimate of drug-likeness (QED) is 0.560. The molecule has 9 heteroatoms. The lowest BCUT2D eigenvalue weighted by atomic mass is 10.3. The van der Waals surface area contributed by atoms with Crippen LogP contribution in [0.1, 0.15) is 34.9 Å². The van der Waals surface area contributed by atoms with Gasteiger partial charge in [0, 0.05) is 41.1 Å². The summed E-state index contributed by atoms with van der Waals surface area (Å²) in [5.41, 5.74) is 1.90. The summed E-state index contributed by atoms with van der Waals surface area (Å²) in [7, 11) is 0. The maximum Gasteiger partial charge on any atom is 0.322 e. The highest BCUT2D eigenvalue weighted by atomic mass is 35.5. The molecule has 0 unspecified atom stereocenters. The van der Waals surface area contributed by atoms with Crippen LogP contribution in [0.3, 0.4) is 0 Å². The molecule has 0 spiro atoms. The molecule has 0 aliphatic carbocycles. The topological polar surface area (TPSA) is 87.2 Å². The molecule has 0 radical (unpaired) electrons. The van der Waals surface area contributed by atoms with E-state index in [4.69, 9.17) is 11.6 Å². The second-order valence-electron chi connectivity index (χ2n) is 6.83. The van der Waals surface area contributed by atoms with Gasteiger partial charge in [0.15, 0.2) is 0 Å². The van der Waals surface area contributed by atoms with Gasteiger partial charge in [-0.25, -0.2) is 9.78 Å². The number of nitrogens with zero attached hydrogens (tertiary/aromatic N) is 3. The fourth-order valence-electron chi connectivity index (χ4n) is 2.63. The van der Waals surface area contributed by atoms with Crippen LogP contribution in [0.5, 0.6) is 0 Å². The average molecular weight is 444 g/mol. The summed E-state index contributed by atoms with van der Waals surface area (Å²) < 4.78 is 0. The highest BCUT2D eigenvalue weighted by Crippen LogP contribution is 2.18. The van der Waals surface area contributed by atoms with Crippen molar-refractivity contribution in [3.8, 4) is 0 Å². The number of carbonyl (C=O) groups is 2. The zero-order valence-electron chi connectivity index (χ0n) is 16.6. The van der Waals surface area contributed by atoms with Crippen molar-refractivity contribution in [3.63, 3.8) is 0 Å². The number of carbonyl (C=O) groups excluding carboxylic acids is 2. The Hall–Kier alpha value is -2.97. The van der Waals surface area contributed by atoms with E-state index >= 15 is 0 Å². The second-order valence-corrected chi connectivity index (χ2v) is 8.21. The van der Waals surface area contributed by atoms with Crippen molar-refractivity contribution >= 4 is 40.6 Å². The smallest absolute Gasteiger partial charge is 0.322 e. The fourth-order valence-corrected chi connectivity index (χ4v) is 3.52. The minimum absolute atomic E-state index is 0.0518. The summed E-state index contributed by atoms with van der Waals surface area (Å²) in [6.07, 6.45) is 3.38. The molecule has 0 saturated carbocycles. The largest absolute Gasteiger partial charge is 0.347 e. The molecule has 0 bridgehead atoms. The molecule has 1 aromatic carbocycles. The van der Waals surface area contributed by atoms with Crippen LogP contribution in [0.25, 0.3) is 0 Å². The Kier molecular flexibility index (Phi) is 7.37. The van der Waals surface area contributed by atoms with E-state index in [9.17, 15) is 9.59 Å². The van der Waals surface area contributed by atoms with Gasteiger partial charge in [0.2, 0.25) is 0 Å². The number of hydrogen-bond donors (Lipinski definition) is 2. The minimum atomic E-state index is -0.261. The Morgan fingerprint density at radius 3 is 2.63 bits per heavy atom. The number of anilines is 1. The first-order valence-corrected chi connectivity index (χ1v) is 10.6. The van der Waals surface area contributed by atoms with Crippen molar-refractivity contribution in [2.24, 2.45) is 0 Å². The lowest BCUT2D eigenvalue weighted by Crippen LogP contribution is -2.39. The number of amides is 3. The third-order valence-electron chi connectivity index (χ3n) is 4.25. The molecule has 0 fully saturated rings. The monoisotopic (exact) mass is 443 g/mol. The summed E-state index contributed by atoms with van der Waals surface area (Å²) in [6, 6.07) is 10.3. The van der Waals surface area contributed by atoms with E-state index in [-0.39, 0.29) is 18.0 Å². The number of halogens is 1. The Morgan fingerprint density at radius 1 is 1.20 bits per heavy atom. The third kappa shape index (κ3) is 6.01. The maximum absolute atomic E-state index is 12.7. The SMILES string of the molecule is CC(C)N(Cc1nc(C(=O)NCc2cccnc2)cs1)C(=O)Nc1ccc(Cl)cc1.